The van der Waals surface area contributed by atoms with Crippen LogP contribution in [-0.4, -0.2) is 48.6 Å². The molecule has 1 aliphatic heterocycles. The van der Waals surface area contributed by atoms with Crippen molar-refractivity contribution in [2.75, 3.05) is 19.7 Å². The van der Waals surface area contributed by atoms with E-state index in [1.165, 1.54) is 6.42 Å². The van der Waals surface area contributed by atoms with Gasteiger partial charge in [-0.1, -0.05) is 31.0 Å². The first kappa shape index (κ1) is 15.0. The molecule has 2 atom stereocenters. The lowest BCUT2D eigenvalue weighted by Gasteiger charge is -2.43. The van der Waals surface area contributed by atoms with E-state index >= 15 is 0 Å². The number of fused-ring (bicyclic) bond motifs is 1. The molecule has 0 unspecified atom stereocenters. The Morgan fingerprint density at radius 1 is 1.18 bits per heavy atom. The second kappa shape index (κ2) is 6.92. The third-order valence-corrected chi connectivity index (χ3v) is 4.49. The number of rotatable bonds is 3. The largest absolute Gasteiger partial charge is 0.374 e. The molecular formula is C17H22N2O3. The van der Waals surface area contributed by atoms with Crippen molar-refractivity contribution in [3.05, 3.63) is 35.9 Å². The Labute approximate surface area is 130 Å². The van der Waals surface area contributed by atoms with Crippen LogP contribution in [0, 0.1) is 0 Å². The van der Waals surface area contributed by atoms with Gasteiger partial charge in [0.25, 0.3) is 5.91 Å². The van der Waals surface area contributed by atoms with E-state index in [1.807, 2.05) is 23.1 Å². The molecule has 1 N–H and O–H groups in total. The van der Waals surface area contributed by atoms with Gasteiger partial charge in [0.15, 0.2) is 0 Å². The van der Waals surface area contributed by atoms with Crippen LogP contribution in [0.15, 0.2) is 30.3 Å². The lowest BCUT2D eigenvalue weighted by molar-refractivity contribution is -0.148. The third kappa shape index (κ3) is 3.30. The number of hydrogen-bond acceptors (Lipinski definition) is 3. The minimum atomic E-state index is -0.206. The fraction of sp³-hybridized carbons (Fsp3) is 0.529. The van der Waals surface area contributed by atoms with E-state index in [0.717, 1.165) is 19.3 Å². The summed E-state index contributed by atoms with van der Waals surface area (Å²) in [5, 5.41) is 2.72. The number of carbonyl (C=O) groups excluding carboxylic acids is 2. The van der Waals surface area contributed by atoms with Gasteiger partial charge >= 0.3 is 0 Å². The van der Waals surface area contributed by atoms with E-state index in [4.69, 9.17) is 4.74 Å². The predicted octanol–water partition coefficient (Wildman–Crippen LogP) is 1.59. The zero-order chi connectivity index (χ0) is 15.4. The second-order valence-electron chi connectivity index (χ2n) is 5.90. The maximum Gasteiger partial charge on any atom is 0.251 e. The Bertz CT molecular complexity index is 530. The molecule has 1 heterocycles. The molecule has 1 saturated carbocycles. The minimum Gasteiger partial charge on any atom is -0.374 e. The summed E-state index contributed by atoms with van der Waals surface area (Å²) in [6.07, 6.45) is 4.53. The van der Waals surface area contributed by atoms with Crippen LogP contribution in [0.1, 0.15) is 36.0 Å². The Balaban J connectivity index is 1.56. The number of carbonyl (C=O) groups is 2. The van der Waals surface area contributed by atoms with Crippen molar-refractivity contribution in [1.29, 1.82) is 0 Å². The van der Waals surface area contributed by atoms with Gasteiger partial charge in [-0.3, -0.25) is 9.59 Å². The summed E-state index contributed by atoms with van der Waals surface area (Å²) in [4.78, 5) is 26.4. The first-order valence-corrected chi connectivity index (χ1v) is 8.00. The van der Waals surface area contributed by atoms with E-state index in [-0.39, 0.29) is 30.5 Å². The van der Waals surface area contributed by atoms with Gasteiger partial charge in [-0.25, -0.2) is 0 Å². The van der Waals surface area contributed by atoms with Gasteiger partial charge in [0.2, 0.25) is 5.91 Å². The summed E-state index contributed by atoms with van der Waals surface area (Å²) in [6.45, 7) is 1.28. The summed E-state index contributed by atoms with van der Waals surface area (Å²) in [6, 6.07) is 9.15. The summed E-state index contributed by atoms with van der Waals surface area (Å²) in [5.41, 5.74) is 0.577. The lowest BCUT2D eigenvalue weighted by Crippen LogP contribution is -2.56. The van der Waals surface area contributed by atoms with Crippen LogP contribution in [0.2, 0.25) is 0 Å². The number of ether oxygens (including phenoxy) is 1. The predicted molar refractivity (Wildman–Crippen MR) is 82.5 cm³/mol. The quantitative estimate of drug-likeness (QED) is 0.922. The average molecular weight is 302 g/mol. The van der Waals surface area contributed by atoms with Gasteiger partial charge in [0, 0.05) is 12.1 Å². The fourth-order valence-electron chi connectivity index (χ4n) is 3.36. The van der Waals surface area contributed by atoms with Crippen LogP contribution in [0.3, 0.4) is 0 Å². The minimum absolute atomic E-state index is 0.00974. The van der Waals surface area contributed by atoms with Crippen LogP contribution < -0.4 is 5.32 Å². The Morgan fingerprint density at radius 3 is 2.77 bits per heavy atom. The van der Waals surface area contributed by atoms with E-state index in [9.17, 15) is 9.59 Å². The van der Waals surface area contributed by atoms with Gasteiger partial charge in [-0.15, -0.1) is 0 Å². The number of hydrogen-bond donors (Lipinski definition) is 1. The summed E-state index contributed by atoms with van der Waals surface area (Å²) in [5.74, 6) is -0.216. The van der Waals surface area contributed by atoms with Crippen LogP contribution in [0.4, 0.5) is 0 Å². The highest BCUT2D eigenvalue weighted by Gasteiger charge is 2.36. The zero-order valence-corrected chi connectivity index (χ0v) is 12.7. The molecule has 2 amide bonds. The Morgan fingerprint density at radius 2 is 1.95 bits per heavy atom. The van der Waals surface area contributed by atoms with E-state index < -0.39 is 0 Å². The first-order valence-electron chi connectivity index (χ1n) is 8.00. The molecule has 2 fully saturated rings. The van der Waals surface area contributed by atoms with Crippen LogP contribution in [-0.2, 0) is 9.53 Å². The smallest absolute Gasteiger partial charge is 0.251 e. The number of nitrogens with one attached hydrogen (secondary N) is 1. The molecule has 5 nitrogen and oxygen atoms in total. The molecule has 2 aliphatic rings. The summed E-state index contributed by atoms with van der Waals surface area (Å²) < 4.78 is 5.78. The molecule has 0 aromatic heterocycles. The SMILES string of the molecule is O=C(NCC(=O)N1CCO[C@@H]2CCCC[C@H]21)c1ccccc1. The molecule has 1 aromatic rings. The highest BCUT2D eigenvalue weighted by Crippen LogP contribution is 2.28. The van der Waals surface area contributed by atoms with Crippen molar-refractivity contribution in [2.24, 2.45) is 0 Å². The summed E-state index contributed by atoms with van der Waals surface area (Å²) in [7, 11) is 0. The van der Waals surface area contributed by atoms with Crippen molar-refractivity contribution >= 4 is 11.8 Å². The van der Waals surface area contributed by atoms with Gasteiger partial charge in [-0.2, -0.15) is 0 Å². The molecule has 1 aromatic carbocycles. The third-order valence-electron chi connectivity index (χ3n) is 4.49. The topological polar surface area (TPSA) is 58.6 Å². The van der Waals surface area contributed by atoms with Gasteiger partial charge in [-0.05, 0) is 25.0 Å². The van der Waals surface area contributed by atoms with Crippen molar-refractivity contribution in [2.45, 2.75) is 37.8 Å². The molecule has 0 radical (unpaired) electrons. The maximum absolute atomic E-state index is 12.4. The highest BCUT2D eigenvalue weighted by molar-refractivity contribution is 5.96. The Kier molecular flexibility index (Phi) is 4.73. The molecule has 118 valence electrons. The van der Waals surface area contributed by atoms with Crippen molar-refractivity contribution in [3.8, 4) is 0 Å². The number of morpholine rings is 1. The average Bonchev–Trinajstić information content (AvgIpc) is 2.59. The molecule has 0 spiro atoms. The number of nitrogens with zero attached hydrogens (tertiary/aromatic N) is 1. The van der Waals surface area contributed by atoms with Crippen LogP contribution in [0.25, 0.3) is 0 Å². The van der Waals surface area contributed by atoms with Crippen molar-refractivity contribution in [1.82, 2.24) is 10.2 Å². The normalized spacial score (nSPS) is 24.5. The molecule has 1 saturated heterocycles. The van der Waals surface area contributed by atoms with E-state index in [1.54, 1.807) is 12.1 Å². The fourth-order valence-corrected chi connectivity index (χ4v) is 3.36. The van der Waals surface area contributed by atoms with Crippen molar-refractivity contribution < 1.29 is 14.3 Å². The van der Waals surface area contributed by atoms with Crippen molar-refractivity contribution in [3.63, 3.8) is 0 Å². The molecule has 1 aliphatic carbocycles. The van der Waals surface area contributed by atoms with E-state index in [0.29, 0.717) is 18.7 Å². The standard InChI is InChI=1S/C17H22N2O3/c20-16(12-18-17(21)13-6-2-1-3-7-13)19-10-11-22-15-9-5-4-8-14(15)19/h1-3,6-7,14-15H,4-5,8-12H2,(H,18,21)/t14-,15-/m1/s1. The second-order valence-corrected chi connectivity index (χ2v) is 5.90. The molecular weight excluding hydrogens is 280 g/mol. The maximum atomic E-state index is 12.4. The van der Waals surface area contributed by atoms with Crippen LogP contribution in [0.5, 0.6) is 0 Å². The first-order chi connectivity index (χ1) is 10.8. The zero-order valence-electron chi connectivity index (χ0n) is 12.7. The molecule has 0 bridgehead atoms. The number of benzene rings is 1. The van der Waals surface area contributed by atoms with Gasteiger partial charge in [0.1, 0.15) is 0 Å². The van der Waals surface area contributed by atoms with Gasteiger partial charge < -0.3 is 15.0 Å². The lowest BCUT2D eigenvalue weighted by atomic mass is 9.90. The van der Waals surface area contributed by atoms with E-state index in [2.05, 4.69) is 5.32 Å². The van der Waals surface area contributed by atoms with Gasteiger partial charge in [0.05, 0.1) is 25.3 Å². The molecule has 3 rings (SSSR count). The summed E-state index contributed by atoms with van der Waals surface area (Å²) >= 11 is 0. The Hall–Kier alpha value is -1.88. The molecule has 5 heteroatoms. The molecule has 22 heavy (non-hydrogen) atoms. The van der Waals surface area contributed by atoms with Crippen LogP contribution >= 0.6 is 0 Å². The monoisotopic (exact) mass is 302 g/mol. The number of amides is 2. The highest BCUT2D eigenvalue weighted by atomic mass is 16.5.